The van der Waals surface area contributed by atoms with Gasteiger partial charge in [-0.3, -0.25) is 19.2 Å². The molecule has 0 aliphatic carbocycles. The van der Waals surface area contributed by atoms with Crippen LogP contribution in [-0.4, -0.2) is 58.9 Å². The second-order valence-electron chi connectivity index (χ2n) is 8.16. The molecule has 8 N–H and O–H groups in total. The summed E-state index contributed by atoms with van der Waals surface area (Å²) in [5.74, 6) is -4.12. The number of hydrogen-bond donors (Lipinski definition) is 6. The Morgan fingerprint density at radius 3 is 2.03 bits per heavy atom. The molecule has 1 aromatic carbocycles. The first kappa shape index (κ1) is 27.6. The number of nitrogens with two attached hydrogens (primary N) is 2. The number of nitrogens with one attached hydrogen (secondary N) is 3. The average Bonchev–Trinajstić information content (AvgIpc) is 2.74. The van der Waals surface area contributed by atoms with Crippen LogP contribution < -0.4 is 27.4 Å². The molecule has 0 radical (unpaired) electrons. The monoisotopic (exact) mass is 463 g/mol. The number of carbonyl (C=O) groups excluding carboxylic acids is 4. The van der Waals surface area contributed by atoms with Gasteiger partial charge in [-0.1, -0.05) is 44.2 Å². The minimum absolute atomic E-state index is 0.0281. The molecule has 0 fully saturated rings. The molecular formula is C22H33N5O6. The third-order valence-corrected chi connectivity index (χ3v) is 4.94. The molecule has 11 heteroatoms. The summed E-state index contributed by atoms with van der Waals surface area (Å²) in [6, 6.07) is 4.61. The van der Waals surface area contributed by atoms with Crippen LogP contribution in [0.5, 0.6) is 0 Å². The van der Waals surface area contributed by atoms with Gasteiger partial charge in [-0.2, -0.15) is 0 Å². The summed E-state index contributed by atoms with van der Waals surface area (Å²) in [6.45, 7) is 4.73. The van der Waals surface area contributed by atoms with Crippen molar-refractivity contribution in [3.8, 4) is 0 Å². The van der Waals surface area contributed by atoms with Gasteiger partial charge in [0, 0.05) is 12.8 Å². The fourth-order valence-corrected chi connectivity index (χ4v) is 2.94. The predicted octanol–water partition coefficient (Wildman–Crippen LogP) is -0.963. The van der Waals surface area contributed by atoms with Crippen LogP contribution in [0.25, 0.3) is 0 Å². The summed E-state index contributed by atoms with van der Waals surface area (Å²) in [7, 11) is 0. The molecule has 33 heavy (non-hydrogen) atoms. The Kier molecular flexibility index (Phi) is 11.0. The van der Waals surface area contributed by atoms with Crippen LogP contribution in [0, 0.1) is 5.92 Å². The van der Waals surface area contributed by atoms with Crippen molar-refractivity contribution in [3.05, 3.63) is 35.9 Å². The lowest BCUT2D eigenvalue weighted by molar-refractivity contribution is -0.143. The maximum absolute atomic E-state index is 12.9. The van der Waals surface area contributed by atoms with Crippen LogP contribution in [-0.2, 0) is 30.4 Å². The lowest BCUT2D eigenvalue weighted by Gasteiger charge is -2.25. The lowest BCUT2D eigenvalue weighted by atomic mass is 10.0. The number of carbonyl (C=O) groups is 5. The zero-order valence-corrected chi connectivity index (χ0v) is 19.0. The van der Waals surface area contributed by atoms with Gasteiger partial charge in [0.25, 0.3) is 0 Å². The van der Waals surface area contributed by atoms with Gasteiger partial charge in [0.1, 0.15) is 18.1 Å². The van der Waals surface area contributed by atoms with Crippen molar-refractivity contribution in [2.45, 2.75) is 64.2 Å². The molecule has 1 aromatic rings. The molecular weight excluding hydrogens is 430 g/mol. The summed E-state index contributed by atoms with van der Waals surface area (Å²) >= 11 is 0. The third kappa shape index (κ3) is 9.69. The molecule has 0 aromatic heterocycles. The van der Waals surface area contributed by atoms with Crippen LogP contribution in [0.1, 0.15) is 39.2 Å². The van der Waals surface area contributed by atoms with Crippen LogP contribution in [0.3, 0.4) is 0 Å². The van der Waals surface area contributed by atoms with E-state index in [2.05, 4.69) is 16.0 Å². The van der Waals surface area contributed by atoms with Crippen molar-refractivity contribution >= 4 is 29.6 Å². The van der Waals surface area contributed by atoms with E-state index in [0.29, 0.717) is 0 Å². The molecule has 0 heterocycles. The molecule has 0 saturated heterocycles. The highest BCUT2D eigenvalue weighted by Crippen LogP contribution is 2.07. The van der Waals surface area contributed by atoms with Crippen molar-refractivity contribution in [1.29, 1.82) is 0 Å². The highest BCUT2D eigenvalue weighted by atomic mass is 16.4. The van der Waals surface area contributed by atoms with Crippen LogP contribution >= 0.6 is 0 Å². The van der Waals surface area contributed by atoms with E-state index in [9.17, 15) is 29.1 Å². The molecule has 4 atom stereocenters. The summed E-state index contributed by atoms with van der Waals surface area (Å²) in [5.41, 5.74) is 11.5. The van der Waals surface area contributed by atoms with Gasteiger partial charge in [-0.15, -0.1) is 0 Å². The van der Waals surface area contributed by atoms with E-state index in [-0.39, 0.29) is 25.2 Å². The van der Waals surface area contributed by atoms with E-state index in [1.807, 2.05) is 0 Å². The largest absolute Gasteiger partial charge is 0.480 e. The fraction of sp³-hybridized carbons (Fsp3) is 0.500. The number of carboxylic acids is 1. The Labute approximate surface area is 192 Å². The average molecular weight is 464 g/mol. The molecule has 11 nitrogen and oxygen atoms in total. The van der Waals surface area contributed by atoms with Crippen molar-refractivity contribution in [2.24, 2.45) is 17.4 Å². The smallest absolute Gasteiger partial charge is 0.326 e. The van der Waals surface area contributed by atoms with Crippen molar-refractivity contribution < 1.29 is 29.1 Å². The van der Waals surface area contributed by atoms with Crippen molar-refractivity contribution in [3.63, 3.8) is 0 Å². The lowest BCUT2D eigenvalue weighted by Crippen LogP contribution is -2.57. The Bertz CT molecular complexity index is 845. The number of carboxylic acid groups (broad SMARTS) is 1. The van der Waals surface area contributed by atoms with Crippen LogP contribution in [0.4, 0.5) is 0 Å². The molecule has 182 valence electrons. The van der Waals surface area contributed by atoms with Gasteiger partial charge in [0.15, 0.2) is 0 Å². The summed E-state index contributed by atoms with van der Waals surface area (Å²) in [5, 5.41) is 16.8. The van der Waals surface area contributed by atoms with E-state index in [4.69, 9.17) is 11.5 Å². The molecule has 4 unspecified atom stereocenters. The van der Waals surface area contributed by atoms with Gasteiger partial charge in [-0.25, -0.2) is 4.79 Å². The molecule has 0 saturated carbocycles. The Balaban J connectivity index is 2.89. The van der Waals surface area contributed by atoms with E-state index < -0.39 is 53.8 Å². The van der Waals surface area contributed by atoms with E-state index >= 15 is 0 Å². The Hall–Kier alpha value is -3.47. The highest BCUT2D eigenvalue weighted by Gasteiger charge is 2.30. The number of benzene rings is 1. The van der Waals surface area contributed by atoms with Gasteiger partial charge in [-0.05, 0) is 24.8 Å². The quantitative estimate of drug-likeness (QED) is 0.217. The highest BCUT2D eigenvalue weighted by molar-refractivity contribution is 5.94. The molecule has 1 rings (SSSR count). The zero-order valence-electron chi connectivity index (χ0n) is 19.0. The van der Waals surface area contributed by atoms with Crippen LogP contribution in [0.2, 0.25) is 0 Å². The predicted molar refractivity (Wildman–Crippen MR) is 120 cm³/mol. The Morgan fingerprint density at radius 2 is 1.52 bits per heavy atom. The molecule has 0 aliphatic rings. The van der Waals surface area contributed by atoms with Crippen molar-refractivity contribution in [2.75, 3.05) is 0 Å². The number of aliphatic carboxylic acids is 1. The number of primary amides is 1. The molecule has 0 spiro atoms. The SMILES string of the molecule is CC(NC(=O)C(N)CCC(N)=O)C(=O)NC(Cc1ccccc1)C(=O)NC(C(=O)O)C(C)C. The summed E-state index contributed by atoms with van der Waals surface area (Å²) < 4.78 is 0. The Morgan fingerprint density at radius 1 is 0.909 bits per heavy atom. The second kappa shape index (κ2) is 13.2. The maximum Gasteiger partial charge on any atom is 0.326 e. The van der Waals surface area contributed by atoms with Gasteiger partial charge in [0.05, 0.1) is 6.04 Å². The molecule has 4 amide bonds. The van der Waals surface area contributed by atoms with Crippen LogP contribution in [0.15, 0.2) is 30.3 Å². The molecule has 0 bridgehead atoms. The maximum atomic E-state index is 12.9. The van der Waals surface area contributed by atoms with Gasteiger partial charge < -0.3 is 32.5 Å². The summed E-state index contributed by atoms with van der Waals surface area (Å²) in [6.07, 6.45) is 0.0665. The first-order chi connectivity index (χ1) is 15.4. The first-order valence-electron chi connectivity index (χ1n) is 10.6. The number of rotatable bonds is 13. The topological polar surface area (TPSA) is 194 Å². The minimum atomic E-state index is -1.19. The normalized spacial score (nSPS) is 14.5. The number of amides is 4. The summed E-state index contributed by atoms with van der Waals surface area (Å²) in [4.78, 5) is 60.0. The zero-order chi connectivity index (χ0) is 25.1. The third-order valence-electron chi connectivity index (χ3n) is 4.94. The minimum Gasteiger partial charge on any atom is -0.480 e. The number of hydrogen-bond acceptors (Lipinski definition) is 6. The first-order valence-corrected chi connectivity index (χ1v) is 10.6. The molecule has 0 aliphatic heterocycles. The fourth-order valence-electron chi connectivity index (χ4n) is 2.94. The second-order valence-corrected chi connectivity index (χ2v) is 8.16. The van der Waals surface area contributed by atoms with Gasteiger partial charge in [0.2, 0.25) is 23.6 Å². The van der Waals surface area contributed by atoms with E-state index in [1.54, 1.807) is 44.2 Å². The van der Waals surface area contributed by atoms with E-state index in [1.165, 1.54) is 6.92 Å². The van der Waals surface area contributed by atoms with Crippen molar-refractivity contribution in [1.82, 2.24) is 16.0 Å². The van der Waals surface area contributed by atoms with E-state index in [0.717, 1.165) is 5.56 Å². The van der Waals surface area contributed by atoms with Gasteiger partial charge >= 0.3 is 5.97 Å². The standard InChI is InChI=1S/C22H33N5O6/c1-12(2)18(22(32)33)27-21(31)16(11-14-7-5-4-6-8-14)26-19(29)13(3)25-20(30)15(23)9-10-17(24)28/h4-8,12-13,15-16,18H,9-11,23H2,1-3H3,(H2,24,28)(H,25,30)(H,26,29)(H,27,31)(H,32,33).